The molecule has 1 aromatic carbocycles. The fourth-order valence-electron chi connectivity index (χ4n) is 4.02. The lowest BCUT2D eigenvalue weighted by Gasteiger charge is -2.09. The first-order valence-corrected chi connectivity index (χ1v) is 13.0. The predicted octanol–water partition coefficient (Wildman–Crippen LogP) is 6.29. The third-order valence-corrected chi connectivity index (χ3v) is 8.15. The predicted molar refractivity (Wildman–Crippen MR) is 137 cm³/mol. The van der Waals surface area contributed by atoms with Gasteiger partial charge in [0.05, 0.1) is 12.3 Å². The summed E-state index contributed by atoms with van der Waals surface area (Å²) in [6.07, 6.45) is 3.05. The molecule has 1 amide bonds. The minimum absolute atomic E-state index is 0.238. The minimum Gasteiger partial charge on any atom is -0.462 e. The molecule has 6 nitrogen and oxygen atoms in total. The van der Waals surface area contributed by atoms with Gasteiger partial charge in [-0.15, -0.1) is 22.7 Å². The van der Waals surface area contributed by atoms with Crippen LogP contribution in [0.3, 0.4) is 0 Å². The van der Waals surface area contributed by atoms with Crippen molar-refractivity contribution in [2.24, 2.45) is 0 Å². The van der Waals surface area contributed by atoms with E-state index in [-0.39, 0.29) is 12.5 Å². The van der Waals surface area contributed by atoms with E-state index < -0.39 is 5.97 Å². The van der Waals surface area contributed by atoms with Crippen LogP contribution in [0.1, 0.15) is 44.6 Å². The van der Waals surface area contributed by atoms with E-state index in [4.69, 9.17) is 15.5 Å². The van der Waals surface area contributed by atoms with Crippen LogP contribution in [-0.2, 0) is 17.6 Å². The Morgan fingerprint density at radius 1 is 1.24 bits per heavy atom. The lowest BCUT2D eigenvalue weighted by atomic mass is 10.0. The molecule has 1 aliphatic rings. The third kappa shape index (κ3) is 4.05. The quantitative estimate of drug-likeness (QED) is 0.289. The van der Waals surface area contributed by atoms with Crippen molar-refractivity contribution in [2.45, 2.75) is 26.2 Å². The molecule has 0 aliphatic heterocycles. The van der Waals surface area contributed by atoms with Crippen LogP contribution in [0.5, 0.6) is 0 Å². The number of carbonyl (C=O) groups excluding carboxylic acids is 2. The normalized spacial score (nSPS) is 12.7. The molecule has 0 saturated carbocycles. The molecular formula is C24H20BrN3O3S2. The summed E-state index contributed by atoms with van der Waals surface area (Å²) in [4.78, 5) is 31.9. The fraction of sp³-hybridized carbons (Fsp3) is 0.208. The third-order valence-electron chi connectivity index (χ3n) is 5.61. The van der Waals surface area contributed by atoms with Gasteiger partial charge in [0.15, 0.2) is 0 Å². The topological polar surface area (TPSA) is 94.3 Å². The number of nitrogens with two attached hydrogens (primary N) is 1. The number of nitrogens with zero attached hydrogens (tertiary/aromatic N) is 1. The molecule has 3 aromatic heterocycles. The van der Waals surface area contributed by atoms with E-state index in [1.165, 1.54) is 28.2 Å². The van der Waals surface area contributed by atoms with Crippen molar-refractivity contribution in [1.29, 1.82) is 0 Å². The number of nitrogens with one attached hydrogen (secondary N) is 1. The Balaban J connectivity index is 1.51. The molecule has 9 heteroatoms. The zero-order chi connectivity index (χ0) is 23.1. The second-order valence-electron chi connectivity index (χ2n) is 7.68. The number of esters is 1. The number of anilines is 2. The maximum atomic E-state index is 13.2. The summed E-state index contributed by atoms with van der Waals surface area (Å²) in [5.41, 5.74) is 11.0. The van der Waals surface area contributed by atoms with Gasteiger partial charge in [-0.25, -0.2) is 9.78 Å². The number of benzene rings is 1. The number of thiophene rings is 2. The van der Waals surface area contributed by atoms with Crippen molar-refractivity contribution < 1.29 is 14.3 Å². The van der Waals surface area contributed by atoms with E-state index in [1.807, 2.05) is 29.6 Å². The molecule has 0 atom stereocenters. The van der Waals surface area contributed by atoms with Gasteiger partial charge in [-0.2, -0.15) is 0 Å². The molecule has 0 unspecified atom stereocenters. The standard InChI is InChI=1S/C24H20BrN3O3S2/c1-2-31-24(30)18-16(12-6-8-14(25)9-7-12)11-32-23(18)28-21(29)20-19(26)15-10-13-4-3-5-17(13)27-22(15)33-20/h6-11H,2-5,26H2,1H3,(H,28,29). The number of rotatable bonds is 5. The second-order valence-corrected chi connectivity index (χ2v) is 10.5. The van der Waals surface area contributed by atoms with Gasteiger partial charge >= 0.3 is 5.97 Å². The first-order valence-electron chi connectivity index (χ1n) is 10.5. The summed E-state index contributed by atoms with van der Waals surface area (Å²) in [6, 6.07) is 9.70. The van der Waals surface area contributed by atoms with Gasteiger partial charge in [-0.05, 0) is 55.5 Å². The van der Waals surface area contributed by atoms with Gasteiger partial charge in [-0.1, -0.05) is 28.1 Å². The first-order chi connectivity index (χ1) is 16.0. The molecule has 3 heterocycles. The summed E-state index contributed by atoms with van der Waals surface area (Å²) >= 11 is 6.00. The average molecular weight is 542 g/mol. The number of hydrogen-bond acceptors (Lipinski definition) is 7. The van der Waals surface area contributed by atoms with E-state index in [9.17, 15) is 9.59 Å². The van der Waals surface area contributed by atoms with Crippen LogP contribution in [0.25, 0.3) is 21.3 Å². The molecule has 5 rings (SSSR count). The Morgan fingerprint density at radius 3 is 2.79 bits per heavy atom. The summed E-state index contributed by atoms with van der Waals surface area (Å²) in [5.74, 6) is -0.834. The average Bonchev–Trinajstić information content (AvgIpc) is 3.50. The van der Waals surface area contributed by atoms with Crippen molar-refractivity contribution in [3.63, 3.8) is 0 Å². The monoisotopic (exact) mass is 541 g/mol. The lowest BCUT2D eigenvalue weighted by Crippen LogP contribution is -2.14. The van der Waals surface area contributed by atoms with E-state index in [1.54, 1.807) is 6.92 Å². The number of pyridine rings is 1. The fourth-order valence-corrected chi connectivity index (χ4v) is 6.23. The molecular weight excluding hydrogens is 522 g/mol. The summed E-state index contributed by atoms with van der Waals surface area (Å²) in [7, 11) is 0. The highest BCUT2D eigenvalue weighted by molar-refractivity contribution is 9.10. The van der Waals surface area contributed by atoms with Crippen molar-refractivity contribution in [2.75, 3.05) is 17.7 Å². The zero-order valence-corrected chi connectivity index (χ0v) is 21.0. The SMILES string of the molecule is CCOC(=O)c1c(-c2ccc(Br)cc2)csc1NC(=O)c1sc2nc3c(cc2c1N)CCC3. The Bertz CT molecular complexity index is 1390. The second kappa shape index (κ2) is 8.89. The minimum atomic E-state index is -0.477. The highest BCUT2D eigenvalue weighted by atomic mass is 79.9. The van der Waals surface area contributed by atoms with Crippen LogP contribution in [0.15, 0.2) is 40.2 Å². The Morgan fingerprint density at radius 2 is 2.03 bits per heavy atom. The van der Waals surface area contributed by atoms with Gasteiger partial charge in [0.2, 0.25) is 0 Å². The van der Waals surface area contributed by atoms with Crippen LogP contribution in [0.2, 0.25) is 0 Å². The van der Waals surface area contributed by atoms with E-state index in [2.05, 4.69) is 27.3 Å². The maximum absolute atomic E-state index is 13.2. The smallest absolute Gasteiger partial charge is 0.341 e. The van der Waals surface area contributed by atoms with Crippen LogP contribution >= 0.6 is 38.6 Å². The van der Waals surface area contributed by atoms with Crippen LogP contribution in [0.4, 0.5) is 10.7 Å². The van der Waals surface area contributed by atoms with Gasteiger partial charge in [0, 0.05) is 26.5 Å². The molecule has 0 spiro atoms. The van der Waals surface area contributed by atoms with Crippen LogP contribution in [-0.4, -0.2) is 23.5 Å². The van der Waals surface area contributed by atoms with Crippen LogP contribution < -0.4 is 11.1 Å². The van der Waals surface area contributed by atoms with Gasteiger partial charge < -0.3 is 15.8 Å². The number of carbonyl (C=O) groups is 2. The number of aromatic nitrogens is 1. The summed E-state index contributed by atoms with van der Waals surface area (Å²) < 4.78 is 6.23. The molecule has 0 bridgehead atoms. The van der Waals surface area contributed by atoms with E-state index >= 15 is 0 Å². The van der Waals surface area contributed by atoms with E-state index in [0.29, 0.717) is 26.7 Å². The van der Waals surface area contributed by atoms with Gasteiger partial charge in [0.1, 0.15) is 20.3 Å². The number of amides is 1. The molecule has 0 radical (unpaired) electrons. The highest BCUT2D eigenvalue weighted by Crippen LogP contribution is 2.39. The Hall–Kier alpha value is -2.75. The molecule has 3 N–H and O–H groups in total. The number of fused-ring (bicyclic) bond motifs is 2. The zero-order valence-electron chi connectivity index (χ0n) is 17.7. The number of ether oxygens (including phenoxy) is 1. The summed E-state index contributed by atoms with van der Waals surface area (Å²) in [6.45, 7) is 1.99. The summed E-state index contributed by atoms with van der Waals surface area (Å²) in [5, 5.41) is 6.00. The molecule has 4 aromatic rings. The van der Waals surface area contributed by atoms with Crippen molar-refractivity contribution >= 4 is 71.4 Å². The molecule has 33 heavy (non-hydrogen) atoms. The van der Waals surface area contributed by atoms with Gasteiger partial charge in [0.25, 0.3) is 5.91 Å². The molecule has 1 aliphatic carbocycles. The maximum Gasteiger partial charge on any atom is 0.341 e. The number of hydrogen-bond donors (Lipinski definition) is 2. The van der Waals surface area contributed by atoms with Crippen molar-refractivity contribution in [3.8, 4) is 11.1 Å². The molecule has 168 valence electrons. The Labute approximate surface area is 206 Å². The van der Waals surface area contributed by atoms with Crippen LogP contribution in [0, 0.1) is 0 Å². The van der Waals surface area contributed by atoms with E-state index in [0.717, 1.165) is 45.2 Å². The molecule has 0 fully saturated rings. The number of halogens is 1. The number of aryl methyl sites for hydroxylation is 2. The first kappa shape index (κ1) is 22.1. The largest absolute Gasteiger partial charge is 0.462 e. The van der Waals surface area contributed by atoms with Crippen molar-refractivity contribution in [1.82, 2.24) is 4.98 Å². The molecule has 0 saturated heterocycles. The van der Waals surface area contributed by atoms with Crippen molar-refractivity contribution in [3.05, 3.63) is 61.9 Å². The highest BCUT2D eigenvalue weighted by Gasteiger charge is 2.26. The van der Waals surface area contributed by atoms with Gasteiger partial charge in [-0.3, -0.25) is 4.79 Å². The number of nitrogen functional groups attached to an aromatic ring is 1. The lowest BCUT2D eigenvalue weighted by molar-refractivity contribution is 0.0529. The Kier molecular flexibility index (Phi) is 5.94.